The first kappa shape index (κ1) is 24.1. The zero-order valence-corrected chi connectivity index (χ0v) is 21.9. The molecule has 5 heterocycles. The predicted molar refractivity (Wildman–Crippen MR) is 155 cm³/mol. The molecule has 9 nitrogen and oxygen atoms in total. The second-order valence-electron chi connectivity index (χ2n) is 10.4. The molecule has 0 saturated heterocycles. The molecule has 0 bridgehead atoms. The number of carbonyl (C=O) groups excluding carboxylic acids is 1. The molecule has 3 N–H and O–H groups in total. The van der Waals surface area contributed by atoms with Crippen LogP contribution >= 0.6 is 0 Å². The van der Waals surface area contributed by atoms with Crippen molar-refractivity contribution in [2.75, 3.05) is 5.32 Å². The maximum Gasteiger partial charge on any atom is 0.224 e. The molecule has 1 saturated carbocycles. The molecule has 1 amide bonds. The summed E-state index contributed by atoms with van der Waals surface area (Å²) in [4.78, 5) is 34.3. The Morgan fingerprint density at radius 2 is 1.82 bits per heavy atom. The number of aromatic amines is 2. The topological polar surface area (TPSA) is 125 Å². The number of imidazole rings is 1. The summed E-state index contributed by atoms with van der Waals surface area (Å²) >= 11 is 0. The van der Waals surface area contributed by atoms with Crippen LogP contribution in [-0.2, 0) is 4.79 Å². The summed E-state index contributed by atoms with van der Waals surface area (Å²) in [5, 5.41) is 11.6. The molecule has 0 unspecified atom stereocenters. The van der Waals surface area contributed by atoms with Crippen LogP contribution < -0.4 is 5.32 Å². The van der Waals surface area contributed by atoms with Crippen molar-refractivity contribution in [1.82, 2.24) is 35.1 Å². The molecule has 6 aromatic rings. The van der Waals surface area contributed by atoms with E-state index in [1.165, 1.54) is 19.3 Å². The summed E-state index contributed by atoms with van der Waals surface area (Å²) in [5.41, 5.74) is 7.51. The quantitative estimate of drug-likeness (QED) is 0.226. The SMILES string of the molecule is O=C(CC1CCCCC1)Nc1cncc(-c2cc3c(-c4nc5c(-c6cccnc6)cccc5[nH]4)n[nH]c3cn2)c1. The number of carbonyl (C=O) groups is 1. The van der Waals surface area contributed by atoms with Crippen molar-refractivity contribution in [2.45, 2.75) is 38.5 Å². The van der Waals surface area contributed by atoms with Crippen molar-refractivity contribution in [2.24, 2.45) is 5.92 Å². The summed E-state index contributed by atoms with van der Waals surface area (Å²) < 4.78 is 0. The standard InChI is InChI=1S/C31H28N8O/c40-28(12-19-6-2-1-3-7-19)35-22-13-21(16-33-17-22)26-14-24-27(18-34-26)38-39-30(24)31-36-25-10-4-9-23(29(25)37-31)20-8-5-11-32-15-20/h4-5,8-11,13-19H,1-3,6-7,12H2,(H,35,40)(H,36,37)(H,38,39). The van der Waals surface area contributed by atoms with E-state index in [9.17, 15) is 4.79 Å². The van der Waals surface area contributed by atoms with Crippen molar-refractivity contribution >= 4 is 33.5 Å². The van der Waals surface area contributed by atoms with Crippen LogP contribution in [0, 0.1) is 5.92 Å². The van der Waals surface area contributed by atoms with Crippen LogP contribution in [0.4, 0.5) is 5.69 Å². The number of pyridine rings is 3. The van der Waals surface area contributed by atoms with Crippen molar-refractivity contribution in [3.63, 3.8) is 0 Å². The van der Waals surface area contributed by atoms with Crippen LogP contribution in [0.1, 0.15) is 38.5 Å². The van der Waals surface area contributed by atoms with Gasteiger partial charge in [0.2, 0.25) is 5.91 Å². The summed E-state index contributed by atoms with van der Waals surface area (Å²) in [6, 6.07) is 13.9. The Kier molecular flexibility index (Phi) is 6.24. The molecule has 0 atom stereocenters. The van der Waals surface area contributed by atoms with Crippen molar-refractivity contribution in [1.29, 1.82) is 0 Å². The highest BCUT2D eigenvalue weighted by Gasteiger charge is 2.18. The van der Waals surface area contributed by atoms with Crippen LogP contribution in [0.25, 0.3) is 55.8 Å². The number of nitrogens with one attached hydrogen (secondary N) is 3. The lowest BCUT2D eigenvalue weighted by atomic mass is 9.87. The van der Waals surface area contributed by atoms with Gasteiger partial charge in [-0.15, -0.1) is 0 Å². The monoisotopic (exact) mass is 528 g/mol. The minimum absolute atomic E-state index is 0.0434. The highest BCUT2D eigenvalue weighted by molar-refractivity contribution is 5.98. The number of amides is 1. The molecule has 1 aromatic carbocycles. The van der Waals surface area contributed by atoms with E-state index in [-0.39, 0.29) is 5.91 Å². The Hall–Kier alpha value is -4.92. The van der Waals surface area contributed by atoms with Gasteiger partial charge in [-0.05, 0) is 43.0 Å². The number of benzene rings is 1. The largest absolute Gasteiger partial charge is 0.337 e. The molecule has 0 aliphatic heterocycles. The molecule has 9 heteroatoms. The molecule has 0 spiro atoms. The van der Waals surface area contributed by atoms with E-state index in [1.807, 2.05) is 48.7 Å². The van der Waals surface area contributed by atoms with Gasteiger partial charge in [0.05, 0.1) is 40.3 Å². The van der Waals surface area contributed by atoms with E-state index in [0.717, 1.165) is 57.2 Å². The van der Waals surface area contributed by atoms with Crippen LogP contribution in [0.15, 0.2) is 73.4 Å². The van der Waals surface area contributed by atoms with Crippen molar-refractivity contribution < 1.29 is 4.79 Å². The fraction of sp³-hybridized carbons (Fsp3) is 0.226. The van der Waals surface area contributed by atoms with Crippen LogP contribution in [-0.4, -0.2) is 41.0 Å². The van der Waals surface area contributed by atoms with Crippen molar-refractivity contribution in [3.05, 3.63) is 73.4 Å². The number of hydrogen-bond acceptors (Lipinski definition) is 6. The highest BCUT2D eigenvalue weighted by Crippen LogP contribution is 2.33. The zero-order valence-electron chi connectivity index (χ0n) is 21.9. The van der Waals surface area contributed by atoms with Gasteiger partial charge in [-0.1, -0.05) is 37.5 Å². The molecular weight excluding hydrogens is 500 g/mol. The van der Waals surface area contributed by atoms with Crippen LogP contribution in [0.3, 0.4) is 0 Å². The first-order valence-corrected chi connectivity index (χ1v) is 13.7. The lowest BCUT2D eigenvalue weighted by Crippen LogP contribution is -2.18. The molecule has 0 radical (unpaired) electrons. The highest BCUT2D eigenvalue weighted by atomic mass is 16.1. The first-order chi connectivity index (χ1) is 19.7. The van der Waals surface area contributed by atoms with Gasteiger partial charge >= 0.3 is 0 Å². The molecular formula is C31H28N8O. The van der Waals surface area contributed by atoms with Gasteiger partial charge in [0.15, 0.2) is 5.82 Å². The summed E-state index contributed by atoms with van der Waals surface area (Å²) in [5.74, 6) is 1.19. The van der Waals surface area contributed by atoms with E-state index in [0.29, 0.717) is 29.5 Å². The summed E-state index contributed by atoms with van der Waals surface area (Å²) in [7, 11) is 0. The van der Waals surface area contributed by atoms with Gasteiger partial charge in [-0.2, -0.15) is 5.10 Å². The number of rotatable bonds is 6. The lowest BCUT2D eigenvalue weighted by molar-refractivity contribution is -0.117. The second-order valence-corrected chi connectivity index (χ2v) is 10.4. The normalized spacial score (nSPS) is 14.1. The van der Waals surface area contributed by atoms with Gasteiger partial charge in [-0.25, -0.2) is 4.98 Å². The average Bonchev–Trinajstić information content (AvgIpc) is 3.62. The minimum Gasteiger partial charge on any atom is -0.337 e. The van der Waals surface area contributed by atoms with E-state index in [4.69, 9.17) is 4.98 Å². The first-order valence-electron chi connectivity index (χ1n) is 13.7. The molecule has 198 valence electrons. The summed E-state index contributed by atoms with van der Waals surface area (Å²) in [6.45, 7) is 0. The molecule has 1 fully saturated rings. The van der Waals surface area contributed by atoms with Gasteiger partial charge in [0, 0.05) is 47.1 Å². The third-order valence-corrected chi connectivity index (χ3v) is 7.67. The Balaban J connectivity index is 1.19. The predicted octanol–water partition coefficient (Wildman–Crippen LogP) is 6.53. The average molecular weight is 529 g/mol. The number of aromatic nitrogens is 7. The maximum atomic E-state index is 12.7. The number of fused-ring (bicyclic) bond motifs is 2. The Morgan fingerprint density at radius 3 is 2.70 bits per heavy atom. The molecule has 40 heavy (non-hydrogen) atoms. The number of hydrogen-bond donors (Lipinski definition) is 3. The minimum atomic E-state index is 0.0434. The number of para-hydroxylation sites is 1. The van der Waals surface area contributed by atoms with Crippen LogP contribution in [0.5, 0.6) is 0 Å². The number of anilines is 1. The van der Waals surface area contributed by atoms with Crippen molar-refractivity contribution in [3.8, 4) is 33.9 Å². The van der Waals surface area contributed by atoms with E-state index < -0.39 is 0 Å². The smallest absolute Gasteiger partial charge is 0.224 e. The maximum absolute atomic E-state index is 12.7. The van der Waals surface area contributed by atoms with Gasteiger partial charge in [0.25, 0.3) is 0 Å². The third kappa shape index (κ3) is 4.70. The molecule has 5 aromatic heterocycles. The fourth-order valence-corrected chi connectivity index (χ4v) is 5.67. The van der Waals surface area contributed by atoms with E-state index in [1.54, 1.807) is 24.8 Å². The molecule has 1 aliphatic rings. The lowest BCUT2D eigenvalue weighted by Gasteiger charge is -2.20. The Labute approximate surface area is 230 Å². The second kappa shape index (κ2) is 10.3. The zero-order chi connectivity index (χ0) is 26.9. The number of nitrogens with zero attached hydrogens (tertiary/aromatic N) is 5. The molecule has 1 aliphatic carbocycles. The van der Waals surface area contributed by atoms with Gasteiger partial charge < -0.3 is 10.3 Å². The fourth-order valence-electron chi connectivity index (χ4n) is 5.67. The Bertz CT molecular complexity index is 1820. The summed E-state index contributed by atoms with van der Waals surface area (Å²) in [6.07, 6.45) is 15.4. The van der Waals surface area contributed by atoms with E-state index in [2.05, 4.69) is 35.5 Å². The number of H-pyrrole nitrogens is 2. The molecule has 7 rings (SSSR count). The van der Waals surface area contributed by atoms with Gasteiger partial charge in [-0.3, -0.25) is 24.8 Å². The van der Waals surface area contributed by atoms with Gasteiger partial charge in [0.1, 0.15) is 5.69 Å². The third-order valence-electron chi connectivity index (χ3n) is 7.67. The van der Waals surface area contributed by atoms with E-state index >= 15 is 0 Å². The Morgan fingerprint density at radius 1 is 0.925 bits per heavy atom. The van der Waals surface area contributed by atoms with Crippen LogP contribution in [0.2, 0.25) is 0 Å².